The molecule has 8 heteroatoms. The molecule has 0 saturated carbocycles. The van der Waals surface area contributed by atoms with Crippen LogP contribution in [0.5, 0.6) is 0 Å². The summed E-state index contributed by atoms with van der Waals surface area (Å²) in [6, 6.07) is 0. The highest BCUT2D eigenvalue weighted by Gasteiger charge is 2.32. The third-order valence-corrected chi connectivity index (χ3v) is 4.13. The Bertz CT molecular complexity index is 595. The standard InChI is InChI=1S/C15H25N7O/c1-11(2)6-22-14(16-10-19-22)8-21(3)7-13-12(4-5-23-13)15-17-9-18-20-15/h9-13H,4-8H2,1-3H3,(H,17,18,20)/t12-,13-/m1/s1. The second kappa shape index (κ2) is 7.18. The molecule has 0 radical (unpaired) electrons. The third kappa shape index (κ3) is 3.94. The largest absolute Gasteiger partial charge is 0.376 e. The molecule has 23 heavy (non-hydrogen) atoms. The van der Waals surface area contributed by atoms with Gasteiger partial charge in [-0.05, 0) is 19.4 Å². The number of H-pyrrole nitrogens is 1. The summed E-state index contributed by atoms with van der Waals surface area (Å²) in [5.74, 6) is 2.75. The van der Waals surface area contributed by atoms with Gasteiger partial charge in [0.15, 0.2) is 0 Å². The number of nitrogens with one attached hydrogen (secondary N) is 1. The lowest BCUT2D eigenvalue weighted by Gasteiger charge is -2.23. The maximum Gasteiger partial charge on any atom is 0.141 e. The van der Waals surface area contributed by atoms with E-state index in [1.807, 2.05) is 4.68 Å². The summed E-state index contributed by atoms with van der Waals surface area (Å²) in [6.07, 6.45) is 4.31. The minimum atomic E-state index is 0.134. The quantitative estimate of drug-likeness (QED) is 0.821. The van der Waals surface area contributed by atoms with Crippen LogP contribution in [-0.2, 0) is 17.8 Å². The van der Waals surface area contributed by atoms with Crippen molar-refractivity contribution in [2.24, 2.45) is 5.92 Å². The van der Waals surface area contributed by atoms with E-state index in [1.165, 1.54) is 0 Å². The van der Waals surface area contributed by atoms with Crippen molar-refractivity contribution in [1.82, 2.24) is 34.8 Å². The molecule has 2 aromatic rings. The van der Waals surface area contributed by atoms with Crippen molar-refractivity contribution in [1.29, 1.82) is 0 Å². The zero-order valence-electron chi connectivity index (χ0n) is 14.0. The first kappa shape index (κ1) is 16.1. The van der Waals surface area contributed by atoms with Crippen LogP contribution in [0.3, 0.4) is 0 Å². The molecule has 3 rings (SSSR count). The lowest BCUT2D eigenvalue weighted by Crippen LogP contribution is -2.33. The van der Waals surface area contributed by atoms with Gasteiger partial charge in [0.2, 0.25) is 0 Å². The number of likely N-dealkylation sites (N-methyl/N-ethyl adjacent to an activating group) is 1. The predicted octanol–water partition coefficient (Wildman–Crippen LogP) is 1.06. The van der Waals surface area contributed by atoms with Crippen molar-refractivity contribution < 1.29 is 4.74 Å². The molecule has 126 valence electrons. The molecule has 1 aliphatic rings. The third-order valence-electron chi connectivity index (χ3n) is 4.13. The second-order valence-corrected chi connectivity index (χ2v) is 6.62. The first-order valence-corrected chi connectivity index (χ1v) is 8.15. The van der Waals surface area contributed by atoms with Gasteiger partial charge in [0.05, 0.1) is 12.6 Å². The van der Waals surface area contributed by atoms with Gasteiger partial charge in [-0.1, -0.05) is 13.8 Å². The molecule has 1 aliphatic heterocycles. The monoisotopic (exact) mass is 319 g/mol. The van der Waals surface area contributed by atoms with Crippen molar-refractivity contribution in [3.8, 4) is 0 Å². The Kier molecular flexibility index (Phi) is 5.02. The minimum Gasteiger partial charge on any atom is -0.376 e. The molecule has 1 N–H and O–H groups in total. The summed E-state index contributed by atoms with van der Waals surface area (Å²) in [4.78, 5) is 10.9. The average molecular weight is 319 g/mol. The van der Waals surface area contributed by atoms with Crippen molar-refractivity contribution in [3.05, 3.63) is 24.3 Å². The van der Waals surface area contributed by atoms with Gasteiger partial charge in [0.25, 0.3) is 0 Å². The average Bonchev–Trinajstić information content (AvgIpc) is 3.20. The number of rotatable bonds is 7. The highest BCUT2D eigenvalue weighted by atomic mass is 16.5. The maximum absolute atomic E-state index is 5.90. The van der Waals surface area contributed by atoms with Gasteiger partial charge in [-0.3, -0.25) is 10.00 Å². The molecule has 0 spiro atoms. The minimum absolute atomic E-state index is 0.134. The Morgan fingerprint density at radius 2 is 2.26 bits per heavy atom. The van der Waals surface area contributed by atoms with Gasteiger partial charge < -0.3 is 4.74 Å². The van der Waals surface area contributed by atoms with Crippen LogP contribution < -0.4 is 0 Å². The van der Waals surface area contributed by atoms with Gasteiger partial charge in [-0.25, -0.2) is 14.6 Å². The van der Waals surface area contributed by atoms with Gasteiger partial charge in [0.1, 0.15) is 24.3 Å². The summed E-state index contributed by atoms with van der Waals surface area (Å²) >= 11 is 0. The summed E-state index contributed by atoms with van der Waals surface area (Å²) in [5.41, 5.74) is 0. The molecule has 2 atom stereocenters. The zero-order chi connectivity index (χ0) is 16.2. The van der Waals surface area contributed by atoms with Crippen LogP contribution >= 0.6 is 0 Å². The highest BCUT2D eigenvalue weighted by Crippen LogP contribution is 2.29. The molecular formula is C15H25N7O. The van der Waals surface area contributed by atoms with E-state index in [9.17, 15) is 0 Å². The molecule has 1 fully saturated rings. The molecule has 0 aliphatic carbocycles. The van der Waals surface area contributed by atoms with E-state index in [0.717, 1.165) is 44.3 Å². The maximum atomic E-state index is 5.90. The van der Waals surface area contributed by atoms with E-state index in [-0.39, 0.29) is 12.0 Å². The summed E-state index contributed by atoms with van der Waals surface area (Å²) in [7, 11) is 2.09. The number of hydrogen-bond donors (Lipinski definition) is 1. The Morgan fingerprint density at radius 3 is 3.00 bits per heavy atom. The fourth-order valence-corrected chi connectivity index (χ4v) is 3.06. The van der Waals surface area contributed by atoms with Crippen LogP contribution in [0.4, 0.5) is 0 Å². The second-order valence-electron chi connectivity index (χ2n) is 6.62. The molecule has 0 unspecified atom stereocenters. The number of hydrogen-bond acceptors (Lipinski definition) is 6. The highest BCUT2D eigenvalue weighted by molar-refractivity contribution is 5.01. The number of aromatic nitrogens is 6. The SMILES string of the molecule is CC(C)Cn1ncnc1CN(C)C[C@H]1OCC[C@H]1c1ncn[nH]1. The number of ether oxygens (including phenoxy) is 1. The van der Waals surface area contributed by atoms with E-state index in [4.69, 9.17) is 4.74 Å². The summed E-state index contributed by atoms with van der Waals surface area (Å²) in [5, 5.41) is 11.2. The molecule has 2 aromatic heterocycles. The molecule has 1 saturated heterocycles. The van der Waals surface area contributed by atoms with Crippen LogP contribution in [0.1, 0.15) is 37.8 Å². The van der Waals surface area contributed by atoms with E-state index >= 15 is 0 Å². The van der Waals surface area contributed by atoms with Crippen LogP contribution in [0.15, 0.2) is 12.7 Å². The Labute approximate surface area is 136 Å². The summed E-state index contributed by atoms with van der Waals surface area (Å²) < 4.78 is 7.89. The van der Waals surface area contributed by atoms with Gasteiger partial charge in [-0.15, -0.1) is 0 Å². The molecular weight excluding hydrogens is 294 g/mol. The molecule has 0 bridgehead atoms. The van der Waals surface area contributed by atoms with E-state index in [0.29, 0.717) is 5.92 Å². The lowest BCUT2D eigenvalue weighted by atomic mass is 10.0. The fraction of sp³-hybridized carbons (Fsp3) is 0.733. The first-order valence-electron chi connectivity index (χ1n) is 8.15. The van der Waals surface area contributed by atoms with E-state index in [1.54, 1.807) is 12.7 Å². The predicted molar refractivity (Wildman–Crippen MR) is 84.7 cm³/mol. The zero-order valence-corrected chi connectivity index (χ0v) is 14.0. The smallest absolute Gasteiger partial charge is 0.141 e. The summed E-state index contributed by atoms with van der Waals surface area (Å²) in [6.45, 7) is 7.62. The normalized spacial score (nSPS) is 21.6. The Hall–Kier alpha value is -1.80. The molecule has 0 amide bonds. The van der Waals surface area contributed by atoms with Gasteiger partial charge in [0, 0.05) is 25.6 Å². The number of aromatic amines is 1. The first-order chi connectivity index (χ1) is 11.1. The van der Waals surface area contributed by atoms with Crippen molar-refractivity contribution in [2.45, 2.75) is 45.4 Å². The fourth-order valence-electron chi connectivity index (χ4n) is 3.06. The van der Waals surface area contributed by atoms with E-state index in [2.05, 4.69) is 51.1 Å². The topological polar surface area (TPSA) is 84.8 Å². The van der Waals surface area contributed by atoms with Crippen LogP contribution in [0.2, 0.25) is 0 Å². The van der Waals surface area contributed by atoms with Crippen molar-refractivity contribution in [2.75, 3.05) is 20.2 Å². The lowest BCUT2D eigenvalue weighted by molar-refractivity contribution is 0.0700. The van der Waals surface area contributed by atoms with Crippen LogP contribution in [-0.4, -0.2) is 61.1 Å². The Morgan fingerprint density at radius 1 is 1.39 bits per heavy atom. The van der Waals surface area contributed by atoms with Crippen LogP contribution in [0, 0.1) is 5.92 Å². The van der Waals surface area contributed by atoms with E-state index < -0.39 is 0 Å². The molecule has 8 nitrogen and oxygen atoms in total. The van der Waals surface area contributed by atoms with Gasteiger partial charge in [-0.2, -0.15) is 10.2 Å². The molecule has 3 heterocycles. The van der Waals surface area contributed by atoms with Crippen molar-refractivity contribution >= 4 is 0 Å². The number of nitrogens with zero attached hydrogens (tertiary/aromatic N) is 6. The van der Waals surface area contributed by atoms with Crippen LogP contribution in [0.25, 0.3) is 0 Å². The molecule has 0 aromatic carbocycles. The van der Waals surface area contributed by atoms with Gasteiger partial charge >= 0.3 is 0 Å². The van der Waals surface area contributed by atoms with Crippen molar-refractivity contribution in [3.63, 3.8) is 0 Å². The Balaban J connectivity index is 1.59.